The average Bonchev–Trinajstić information content (AvgIpc) is 2.91. The first kappa shape index (κ1) is 17.7. The molecule has 0 aliphatic carbocycles. The fourth-order valence-electron chi connectivity index (χ4n) is 4.08. The van der Waals surface area contributed by atoms with Crippen molar-refractivity contribution < 1.29 is 14.3 Å². The number of hydrogen-bond acceptors (Lipinski definition) is 3. The molecule has 3 aliphatic rings. The molecule has 3 heterocycles. The quantitative estimate of drug-likeness (QED) is 0.819. The fraction of sp³-hybridized carbons (Fsp3) is 0.364. The van der Waals surface area contributed by atoms with Crippen molar-refractivity contribution in [1.82, 2.24) is 9.80 Å². The van der Waals surface area contributed by atoms with Crippen LogP contribution < -0.4 is 0 Å². The van der Waals surface area contributed by atoms with Gasteiger partial charge in [0.05, 0.1) is 12.7 Å². The number of hydrogen-bond donors (Lipinski definition) is 0. The molecule has 0 N–H and O–H groups in total. The van der Waals surface area contributed by atoms with Crippen LogP contribution in [0.25, 0.3) is 0 Å². The molecule has 0 spiro atoms. The van der Waals surface area contributed by atoms with Crippen LogP contribution in [0.5, 0.6) is 0 Å². The van der Waals surface area contributed by atoms with Gasteiger partial charge in [0.1, 0.15) is 12.1 Å². The zero-order valence-electron chi connectivity index (χ0n) is 15.5. The van der Waals surface area contributed by atoms with Crippen molar-refractivity contribution in [3.63, 3.8) is 0 Å². The minimum atomic E-state index is -0.552. The second-order valence-corrected chi connectivity index (χ2v) is 7.27. The molecule has 0 saturated carbocycles. The van der Waals surface area contributed by atoms with Crippen LogP contribution in [-0.4, -0.2) is 46.8 Å². The third-order valence-electron chi connectivity index (χ3n) is 5.54. The Morgan fingerprint density at radius 1 is 0.889 bits per heavy atom. The summed E-state index contributed by atoms with van der Waals surface area (Å²) in [5.41, 5.74) is 2.11. The zero-order valence-corrected chi connectivity index (χ0v) is 15.5. The van der Waals surface area contributed by atoms with Crippen molar-refractivity contribution in [2.75, 3.05) is 7.05 Å². The summed E-state index contributed by atoms with van der Waals surface area (Å²) in [7, 11) is 1.72. The maximum atomic E-state index is 13.2. The summed E-state index contributed by atoms with van der Waals surface area (Å²) >= 11 is 0. The molecule has 5 nitrogen and oxygen atoms in total. The maximum absolute atomic E-state index is 13.2. The Morgan fingerprint density at radius 3 is 2.19 bits per heavy atom. The Labute approximate surface area is 159 Å². The topological polar surface area (TPSA) is 49.9 Å². The zero-order chi connectivity index (χ0) is 18.8. The van der Waals surface area contributed by atoms with Crippen LogP contribution in [0.15, 0.2) is 60.7 Å². The van der Waals surface area contributed by atoms with Gasteiger partial charge in [0.2, 0.25) is 11.8 Å². The van der Waals surface area contributed by atoms with E-state index in [4.69, 9.17) is 4.74 Å². The Morgan fingerprint density at radius 2 is 1.52 bits per heavy atom. The minimum Gasteiger partial charge on any atom is -0.371 e. The van der Waals surface area contributed by atoms with Gasteiger partial charge in [0, 0.05) is 13.6 Å². The highest BCUT2D eigenvalue weighted by molar-refractivity contribution is 5.97. The lowest BCUT2D eigenvalue weighted by Gasteiger charge is -2.42. The van der Waals surface area contributed by atoms with Crippen molar-refractivity contribution in [3.05, 3.63) is 71.8 Å². The number of fused-ring (bicyclic) bond motifs is 4. The second-order valence-electron chi connectivity index (χ2n) is 7.27. The van der Waals surface area contributed by atoms with Crippen LogP contribution in [0, 0.1) is 0 Å². The molecule has 0 radical (unpaired) electrons. The lowest BCUT2D eigenvalue weighted by Crippen LogP contribution is -2.63. The molecular weight excluding hydrogens is 340 g/mol. The maximum Gasteiger partial charge on any atom is 0.249 e. The summed E-state index contributed by atoms with van der Waals surface area (Å²) in [4.78, 5) is 29.4. The molecule has 0 aromatic heterocycles. The van der Waals surface area contributed by atoms with Crippen molar-refractivity contribution in [1.29, 1.82) is 0 Å². The van der Waals surface area contributed by atoms with E-state index in [9.17, 15) is 9.59 Å². The summed E-state index contributed by atoms with van der Waals surface area (Å²) in [6, 6.07) is 18.8. The molecule has 3 fully saturated rings. The summed E-state index contributed by atoms with van der Waals surface area (Å²) in [6.45, 7) is 0.909. The van der Waals surface area contributed by atoms with E-state index in [2.05, 4.69) is 0 Å². The molecule has 2 bridgehead atoms. The van der Waals surface area contributed by atoms with E-state index in [0.29, 0.717) is 26.0 Å². The third kappa shape index (κ3) is 3.47. The molecule has 140 valence electrons. The Balaban J connectivity index is 1.54. The van der Waals surface area contributed by atoms with Gasteiger partial charge in [-0.05, 0) is 24.0 Å². The van der Waals surface area contributed by atoms with E-state index in [1.807, 2.05) is 60.7 Å². The third-order valence-corrected chi connectivity index (χ3v) is 5.54. The molecule has 3 saturated heterocycles. The molecule has 5 heteroatoms. The predicted octanol–water partition coefficient (Wildman–Crippen LogP) is 2.60. The van der Waals surface area contributed by atoms with Crippen molar-refractivity contribution in [2.45, 2.75) is 44.2 Å². The number of rotatable bonds is 5. The highest BCUT2D eigenvalue weighted by Gasteiger charge is 2.50. The average molecular weight is 364 g/mol. The van der Waals surface area contributed by atoms with Gasteiger partial charge < -0.3 is 14.5 Å². The SMILES string of the molecule is CN1C(=O)[C@@H]2CC[C@H](OCc3ccccc3)[C@H]1C(=O)N2Cc1ccccc1. The molecule has 0 unspecified atom stereocenters. The van der Waals surface area contributed by atoms with E-state index >= 15 is 0 Å². The Bertz CT molecular complexity index is 809. The molecule has 3 aliphatic heterocycles. The molecule has 2 amide bonds. The number of nitrogens with zero attached hydrogens (tertiary/aromatic N) is 2. The van der Waals surface area contributed by atoms with E-state index < -0.39 is 12.1 Å². The van der Waals surface area contributed by atoms with Crippen LogP contribution in [0.4, 0.5) is 0 Å². The monoisotopic (exact) mass is 364 g/mol. The summed E-state index contributed by atoms with van der Waals surface area (Å²) in [6.07, 6.45) is 1.06. The van der Waals surface area contributed by atoms with Gasteiger partial charge in [-0.1, -0.05) is 60.7 Å². The van der Waals surface area contributed by atoms with Gasteiger partial charge in [-0.3, -0.25) is 9.59 Å². The number of carbonyl (C=O) groups excluding carboxylic acids is 2. The van der Waals surface area contributed by atoms with E-state index in [0.717, 1.165) is 11.1 Å². The van der Waals surface area contributed by atoms with E-state index in [-0.39, 0.29) is 17.9 Å². The number of amides is 2. The molecule has 3 atom stereocenters. The number of ether oxygens (including phenoxy) is 1. The predicted molar refractivity (Wildman–Crippen MR) is 102 cm³/mol. The normalized spacial score (nSPS) is 25.0. The Hall–Kier alpha value is -2.66. The fourth-order valence-corrected chi connectivity index (χ4v) is 4.08. The first-order valence-electron chi connectivity index (χ1n) is 9.42. The number of carbonyl (C=O) groups is 2. The smallest absolute Gasteiger partial charge is 0.249 e. The standard InChI is InChI=1S/C22H24N2O3/c1-23-20-19(27-15-17-10-6-3-7-11-17)13-12-18(21(23)25)24(22(20)26)14-16-8-4-2-5-9-16/h2-11,18-20H,12-15H2,1H3/t18-,19-,20-/m0/s1. The molecule has 27 heavy (non-hydrogen) atoms. The van der Waals surface area contributed by atoms with Gasteiger partial charge >= 0.3 is 0 Å². The number of piperazine rings is 1. The summed E-state index contributed by atoms with van der Waals surface area (Å²) < 4.78 is 6.13. The van der Waals surface area contributed by atoms with E-state index in [1.54, 1.807) is 16.8 Å². The lowest BCUT2D eigenvalue weighted by atomic mass is 10.0. The highest BCUT2D eigenvalue weighted by atomic mass is 16.5. The van der Waals surface area contributed by atoms with Crippen LogP contribution in [-0.2, 0) is 27.5 Å². The van der Waals surface area contributed by atoms with Crippen LogP contribution in [0.1, 0.15) is 24.0 Å². The molecule has 2 aromatic carbocycles. The van der Waals surface area contributed by atoms with Gasteiger partial charge in [-0.15, -0.1) is 0 Å². The van der Waals surface area contributed by atoms with E-state index in [1.165, 1.54) is 0 Å². The molecular formula is C22H24N2O3. The van der Waals surface area contributed by atoms with Crippen LogP contribution in [0.3, 0.4) is 0 Å². The second kappa shape index (κ2) is 7.53. The van der Waals surface area contributed by atoms with Crippen LogP contribution in [0.2, 0.25) is 0 Å². The summed E-state index contributed by atoms with van der Waals surface area (Å²) in [5, 5.41) is 0. The van der Waals surface area contributed by atoms with Gasteiger partial charge in [0.15, 0.2) is 0 Å². The van der Waals surface area contributed by atoms with Crippen molar-refractivity contribution in [3.8, 4) is 0 Å². The van der Waals surface area contributed by atoms with Crippen LogP contribution >= 0.6 is 0 Å². The van der Waals surface area contributed by atoms with Gasteiger partial charge in [0.25, 0.3) is 0 Å². The highest BCUT2D eigenvalue weighted by Crippen LogP contribution is 2.32. The number of likely N-dealkylation sites (N-methyl/N-ethyl adjacent to an activating group) is 1. The van der Waals surface area contributed by atoms with Gasteiger partial charge in [-0.25, -0.2) is 0 Å². The molecule has 5 rings (SSSR count). The first-order valence-corrected chi connectivity index (χ1v) is 9.42. The minimum absolute atomic E-state index is 0.0125. The first-order chi connectivity index (χ1) is 13.1. The van der Waals surface area contributed by atoms with Crippen molar-refractivity contribution in [2.24, 2.45) is 0 Å². The largest absolute Gasteiger partial charge is 0.371 e. The van der Waals surface area contributed by atoms with Crippen molar-refractivity contribution >= 4 is 11.8 Å². The molecule has 2 aromatic rings. The van der Waals surface area contributed by atoms with Gasteiger partial charge in [-0.2, -0.15) is 0 Å². The summed E-state index contributed by atoms with van der Waals surface area (Å²) in [5.74, 6) is 0.00265. The Kier molecular flexibility index (Phi) is 4.94. The lowest BCUT2D eigenvalue weighted by molar-refractivity contribution is -0.163. The number of benzene rings is 2.